The first-order chi connectivity index (χ1) is 9.24. The molecule has 0 radical (unpaired) electrons. The van der Waals surface area contributed by atoms with Crippen molar-refractivity contribution in [1.82, 2.24) is 14.6 Å². The molecule has 2 heterocycles. The number of benzene rings is 1. The molecule has 0 aliphatic carbocycles. The molecule has 3 aromatic rings. The second-order valence-corrected chi connectivity index (χ2v) is 4.25. The maximum atomic E-state index is 13.4. The van der Waals surface area contributed by atoms with E-state index in [1.807, 2.05) is 0 Å². The molecule has 0 aliphatic heterocycles. The first-order valence-electron chi connectivity index (χ1n) is 5.61. The average molecular weight is 278 g/mol. The van der Waals surface area contributed by atoms with E-state index < -0.39 is 5.82 Å². The molecule has 3 rings (SSSR count). The van der Waals surface area contributed by atoms with E-state index >= 15 is 0 Å². The first kappa shape index (κ1) is 11.9. The van der Waals surface area contributed by atoms with Crippen LogP contribution in [0.25, 0.3) is 5.65 Å². The summed E-state index contributed by atoms with van der Waals surface area (Å²) < 4.78 is 20.2. The van der Waals surface area contributed by atoms with Gasteiger partial charge >= 0.3 is 0 Å². The van der Waals surface area contributed by atoms with Crippen LogP contribution in [0.2, 0.25) is 5.15 Å². The van der Waals surface area contributed by atoms with Gasteiger partial charge in [0.05, 0.1) is 0 Å². The van der Waals surface area contributed by atoms with E-state index in [-0.39, 0.29) is 12.4 Å². The second kappa shape index (κ2) is 4.85. The Labute approximate surface area is 113 Å². The van der Waals surface area contributed by atoms with Gasteiger partial charge in [0.2, 0.25) is 0 Å². The molecule has 96 valence electrons. The zero-order valence-electron chi connectivity index (χ0n) is 9.75. The van der Waals surface area contributed by atoms with E-state index in [0.717, 1.165) is 0 Å². The molecule has 4 nitrogen and oxygen atoms in total. The zero-order chi connectivity index (χ0) is 13.2. The molecule has 0 fully saturated rings. The SMILES string of the molecule is Fc1ccccc1OCc1nc2cccc(Cl)n2n1. The first-order valence-corrected chi connectivity index (χ1v) is 5.99. The minimum atomic E-state index is -0.413. The van der Waals surface area contributed by atoms with Gasteiger partial charge in [0.25, 0.3) is 0 Å². The molecule has 0 saturated heterocycles. The Kier molecular flexibility index (Phi) is 3.05. The fourth-order valence-electron chi connectivity index (χ4n) is 1.68. The molecule has 0 amide bonds. The lowest BCUT2D eigenvalue weighted by atomic mass is 10.3. The van der Waals surface area contributed by atoms with Crippen molar-refractivity contribution in [3.05, 3.63) is 59.3 Å². The maximum Gasteiger partial charge on any atom is 0.189 e. The molecule has 0 unspecified atom stereocenters. The predicted molar refractivity (Wildman–Crippen MR) is 68.7 cm³/mol. The van der Waals surface area contributed by atoms with Crippen LogP contribution in [0.4, 0.5) is 4.39 Å². The third kappa shape index (κ3) is 2.37. The van der Waals surface area contributed by atoms with Crippen LogP contribution in [0.5, 0.6) is 5.75 Å². The zero-order valence-corrected chi connectivity index (χ0v) is 10.5. The molecule has 19 heavy (non-hydrogen) atoms. The molecular weight excluding hydrogens is 269 g/mol. The van der Waals surface area contributed by atoms with Crippen molar-refractivity contribution in [3.63, 3.8) is 0 Å². The Balaban J connectivity index is 1.83. The number of hydrogen-bond donors (Lipinski definition) is 0. The highest BCUT2D eigenvalue weighted by Gasteiger charge is 2.08. The number of hydrogen-bond acceptors (Lipinski definition) is 3. The van der Waals surface area contributed by atoms with Crippen molar-refractivity contribution >= 4 is 17.2 Å². The van der Waals surface area contributed by atoms with Crippen LogP contribution in [0.3, 0.4) is 0 Å². The Morgan fingerprint density at radius 1 is 1.16 bits per heavy atom. The lowest BCUT2D eigenvalue weighted by Crippen LogP contribution is -1.99. The summed E-state index contributed by atoms with van der Waals surface area (Å²) in [7, 11) is 0. The normalized spacial score (nSPS) is 10.8. The largest absolute Gasteiger partial charge is 0.482 e. The number of nitrogens with zero attached hydrogens (tertiary/aromatic N) is 3. The Hall–Kier alpha value is -2.14. The quantitative estimate of drug-likeness (QED) is 0.691. The van der Waals surface area contributed by atoms with Crippen LogP contribution in [0.15, 0.2) is 42.5 Å². The highest BCUT2D eigenvalue weighted by atomic mass is 35.5. The third-order valence-electron chi connectivity index (χ3n) is 2.55. The molecule has 0 spiro atoms. The monoisotopic (exact) mass is 277 g/mol. The van der Waals surface area contributed by atoms with Gasteiger partial charge in [-0.25, -0.2) is 13.9 Å². The summed E-state index contributed by atoms with van der Waals surface area (Å²) in [6.45, 7) is 0.0823. The highest BCUT2D eigenvalue weighted by Crippen LogP contribution is 2.17. The van der Waals surface area contributed by atoms with Crippen molar-refractivity contribution in [2.75, 3.05) is 0 Å². The van der Waals surface area contributed by atoms with Gasteiger partial charge in [0, 0.05) is 0 Å². The van der Waals surface area contributed by atoms with E-state index in [0.29, 0.717) is 16.6 Å². The number of ether oxygens (including phenoxy) is 1. The number of aromatic nitrogens is 3. The van der Waals surface area contributed by atoms with E-state index in [4.69, 9.17) is 16.3 Å². The van der Waals surface area contributed by atoms with Gasteiger partial charge in [-0.1, -0.05) is 29.8 Å². The van der Waals surface area contributed by atoms with Crippen molar-refractivity contribution in [3.8, 4) is 5.75 Å². The van der Waals surface area contributed by atoms with Gasteiger partial charge in [-0.3, -0.25) is 0 Å². The molecule has 0 atom stereocenters. The van der Waals surface area contributed by atoms with Gasteiger partial charge in [-0.15, -0.1) is 5.10 Å². The van der Waals surface area contributed by atoms with Crippen molar-refractivity contribution in [2.45, 2.75) is 6.61 Å². The maximum absolute atomic E-state index is 13.4. The van der Waals surface area contributed by atoms with Crippen LogP contribution in [-0.2, 0) is 6.61 Å². The number of halogens is 2. The number of fused-ring (bicyclic) bond motifs is 1. The lowest BCUT2D eigenvalue weighted by molar-refractivity contribution is 0.281. The molecule has 0 N–H and O–H groups in total. The van der Waals surface area contributed by atoms with E-state index in [2.05, 4.69) is 10.1 Å². The predicted octanol–water partition coefficient (Wildman–Crippen LogP) is 3.10. The Bertz CT molecular complexity index is 729. The van der Waals surface area contributed by atoms with Gasteiger partial charge in [-0.2, -0.15) is 0 Å². The summed E-state index contributed by atoms with van der Waals surface area (Å²) in [5, 5.41) is 4.64. The van der Waals surface area contributed by atoms with Gasteiger partial charge < -0.3 is 4.74 Å². The molecule has 6 heteroatoms. The summed E-state index contributed by atoms with van der Waals surface area (Å²) in [4.78, 5) is 4.24. The molecular formula is C13H9ClFN3O. The Morgan fingerprint density at radius 3 is 2.79 bits per heavy atom. The third-order valence-corrected chi connectivity index (χ3v) is 2.84. The van der Waals surface area contributed by atoms with Gasteiger partial charge in [-0.05, 0) is 24.3 Å². The van der Waals surface area contributed by atoms with Gasteiger partial charge in [0.15, 0.2) is 23.0 Å². The fraction of sp³-hybridized carbons (Fsp3) is 0.0769. The standard InChI is InChI=1S/C13H9ClFN3O/c14-11-6-3-7-13-16-12(17-18(11)13)8-19-10-5-2-1-4-9(10)15/h1-7H,8H2. The minimum absolute atomic E-state index is 0.0823. The van der Waals surface area contributed by atoms with Gasteiger partial charge in [0.1, 0.15) is 11.8 Å². The topological polar surface area (TPSA) is 39.4 Å². The van der Waals surface area contributed by atoms with E-state index in [9.17, 15) is 4.39 Å². The lowest BCUT2D eigenvalue weighted by Gasteiger charge is -2.03. The summed E-state index contributed by atoms with van der Waals surface area (Å²) >= 11 is 5.97. The number of para-hydroxylation sites is 1. The molecule has 0 aliphatic rings. The summed E-state index contributed by atoms with van der Waals surface area (Å²) in [6, 6.07) is 11.5. The second-order valence-electron chi connectivity index (χ2n) is 3.87. The average Bonchev–Trinajstić information content (AvgIpc) is 2.82. The van der Waals surface area contributed by atoms with E-state index in [1.165, 1.54) is 10.6 Å². The molecule has 0 saturated carbocycles. The highest BCUT2D eigenvalue weighted by molar-refractivity contribution is 6.29. The number of rotatable bonds is 3. The summed E-state index contributed by atoms with van der Waals surface area (Å²) in [5.74, 6) is 0.202. The molecule has 2 aromatic heterocycles. The van der Waals surface area contributed by atoms with E-state index in [1.54, 1.807) is 36.4 Å². The van der Waals surface area contributed by atoms with Crippen molar-refractivity contribution in [1.29, 1.82) is 0 Å². The summed E-state index contributed by atoms with van der Waals surface area (Å²) in [6.07, 6.45) is 0. The Morgan fingerprint density at radius 2 is 2.00 bits per heavy atom. The van der Waals surface area contributed by atoms with Crippen molar-refractivity contribution < 1.29 is 9.13 Å². The number of pyridine rings is 1. The van der Waals surface area contributed by atoms with Crippen LogP contribution < -0.4 is 4.74 Å². The summed E-state index contributed by atoms with van der Waals surface area (Å²) in [5.41, 5.74) is 0.625. The fourth-order valence-corrected chi connectivity index (χ4v) is 1.88. The van der Waals surface area contributed by atoms with Crippen LogP contribution >= 0.6 is 11.6 Å². The smallest absolute Gasteiger partial charge is 0.189 e. The van der Waals surface area contributed by atoms with Crippen LogP contribution in [0.1, 0.15) is 5.82 Å². The molecule has 0 bridgehead atoms. The van der Waals surface area contributed by atoms with Crippen molar-refractivity contribution in [2.24, 2.45) is 0 Å². The van der Waals surface area contributed by atoms with Crippen LogP contribution in [-0.4, -0.2) is 14.6 Å². The minimum Gasteiger partial charge on any atom is -0.482 e. The molecule has 1 aromatic carbocycles. The van der Waals surface area contributed by atoms with Crippen LogP contribution in [0, 0.1) is 5.82 Å².